The smallest absolute Gasteiger partial charge is 0.0476 e. The largest absolute Gasteiger partial charge is 0.550 e. The highest BCUT2D eigenvalue weighted by Gasteiger charge is 2.35. The molecule has 0 amide bonds. The van der Waals surface area contributed by atoms with E-state index in [9.17, 15) is 19.8 Å². The third-order valence-corrected chi connectivity index (χ3v) is 5.89. The summed E-state index contributed by atoms with van der Waals surface area (Å²) in [6.45, 7) is 8.52. The lowest BCUT2D eigenvalue weighted by atomic mass is 9.68. The summed E-state index contributed by atoms with van der Waals surface area (Å²) in [4.78, 5) is 22.6. The Balaban J connectivity index is 4.93. The van der Waals surface area contributed by atoms with Gasteiger partial charge in [-0.1, -0.05) is 72.6 Å². The zero-order valence-corrected chi connectivity index (χ0v) is 16.8. The molecule has 148 valence electrons. The Labute approximate surface area is 154 Å². The quantitative estimate of drug-likeness (QED) is 0.398. The molecule has 0 saturated carbocycles. The maximum absolute atomic E-state index is 12.2. The lowest BCUT2D eigenvalue weighted by Crippen LogP contribution is -2.45. The molecule has 0 rings (SSSR count). The van der Waals surface area contributed by atoms with E-state index in [2.05, 4.69) is 27.7 Å². The molecule has 0 aliphatic heterocycles. The van der Waals surface area contributed by atoms with Gasteiger partial charge in [0.25, 0.3) is 0 Å². The van der Waals surface area contributed by atoms with Crippen LogP contribution in [-0.4, -0.2) is 11.9 Å². The molecule has 4 heteroatoms. The van der Waals surface area contributed by atoms with E-state index in [0.717, 1.165) is 44.9 Å². The molecule has 0 unspecified atom stereocenters. The Kier molecular flexibility index (Phi) is 12.6. The highest BCUT2D eigenvalue weighted by molar-refractivity contribution is 5.72. The predicted molar refractivity (Wildman–Crippen MR) is 97.5 cm³/mol. The summed E-state index contributed by atoms with van der Waals surface area (Å²) in [6, 6.07) is 0. The highest BCUT2D eigenvalue weighted by Crippen LogP contribution is 2.41. The number of carboxylic acids is 2. The van der Waals surface area contributed by atoms with E-state index in [4.69, 9.17) is 0 Å². The first-order valence-electron chi connectivity index (χ1n) is 10.3. The molecular formula is C21H38O4-2. The number of rotatable bonds is 16. The van der Waals surface area contributed by atoms with Crippen molar-refractivity contribution in [2.75, 3.05) is 0 Å². The molecular weight excluding hydrogens is 316 g/mol. The second-order valence-corrected chi connectivity index (χ2v) is 7.63. The van der Waals surface area contributed by atoms with Crippen molar-refractivity contribution in [2.24, 2.45) is 17.3 Å². The van der Waals surface area contributed by atoms with Crippen molar-refractivity contribution in [3.63, 3.8) is 0 Å². The average molecular weight is 355 g/mol. The number of carbonyl (C=O) groups is 2. The molecule has 0 atom stereocenters. The van der Waals surface area contributed by atoms with Gasteiger partial charge < -0.3 is 19.8 Å². The van der Waals surface area contributed by atoms with Crippen LogP contribution in [-0.2, 0) is 9.59 Å². The highest BCUT2D eigenvalue weighted by atomic mass is 16.4. The first-order valence-corrected chi connectivity index (χ1v) is 10.3. The van der Waals surface area contributed by atoms with Gasteiger partial charge in [-0.05, 0) is 43.9 Å². The molecule has 0 aromatic heterocycles. The zero-order valence-electron chi connectivity index (χ0n) is 16.8. The molecule has 0 saturated heterocycles. The fraction of sp³-hybridized carbons (Fsp3) is 0.905. The topological polar surface area (TPSA) is 80.3 Å². The van der Waals surface area contributed by atoms with Crippen LogP contribution >= 0.6 is 0 Å². The minimum atomic E-state index is -1.01. The molecule has 25 heavy (non-hydrogen) atoms. The summed E-state index contributed by atoms with van der Waals surface area (Å²) in [5.74, 6) is -1.05. The Hall–Kier alpha value is -1.06. The van der Waals surface area contributed by atoms with Crippen molar-refractivity contribution in [1.82, 2.24) is 0 Å². The maximum atomic E-state index is 12.2. The number of carboxylic acid groups (broad SMARTS) is 2. The first kappa shape index (κ1) is 23.9. The van der Waals surface area contributed by atoms with Crippen LogP contribution in [0.5, 0.6) is 0 Å². The van der Waals surface area contributed by atoms with Gasteiger partial charge in [-0.15, -0.1) is 0 Å². The van der Waals surface area contributed by atoms with E-state index >= 15 is 0 Å². The van der Waals surface area contributed by atoms with E-state index < -0.39 is 17.4 Å². The number of unbranched alkanes of at least 4 members (excludes halogenated alkanes) is 3. The van der Waals surface area contributed by atoms with Crippen molar-refractivity contribution in [1.29, 1.82) is 0 Å². The minimum absolute atomic E-state index is 0.0904. The van der Waals surface area contributed by atoms with Crippen LogP contribution in [0.3, 0.4) is 0 Å². The van der Waals surface area contributed by atoms with Crippen LogP contribution in [0.15, 0.2) is 0 Å². The third-order valence-electron chi connectivity index (χ3n) is 5.89. The molecule has 0 aromatic rings. The van der Waals surface area contributed by atoms with Crippen LogP contribution in [0, 0.1) is 17.3 Å². The van der Waals surface area contributed by atoms with Crippen molar-refractivity contribution in [2.45, 2.75) is 105 Å². The summed E-state index contributed by atoms with van der Waals surface area (Å²) < 4.78 is 0. The normalized spacial score (nSPS) is 12.1. The Bertz CT molecular complexity index is 356. The lowest BCUT2D eigenvalue weighted by Gasteiger charge is -2.40. The van der Waals surface area contributed by atoms with E-state index in [-0.39, 0.29) is 6.42 Å². The zero-order chi connectivity index (χ0) is 19.3. The second kappa shape index (κ2) is 13.2. The Morgan fingerprint density at radius 2 is 1.20 bits per heavy atom. The van der Waals surface area contributed by atoms with Gasteiger partial charge in [0.05, 0.1) is 0 Å². The van der Waals surface area contributed by atoms with E-state index in [1.165, 1.54) is 0 Å². The number of carbonyl (C=O) groups excluding carboxylic acids is 2. The van der Waals surface area contributed by atoms with Gasteiger partial charge in [-0.2, -0.15) is 0 Å². The fourth-order valence-electron chi connectivity index (χ4n) is 3.90. The van der Waals surface area contributed by atoms with Crippen molar-refractivity contribution in [3.05, 3.63) is 0 Å². The maximum Gasteiger partial charge on any atom is 0.0476 e. The van der Waals surface area contributed by atoms with Gasteiger partial charge in [0.15, 0.2) is 0 Å². The van der Waals surface area contributed by atoms with Gasteiger partial charge in [0.1, 0.15) is 0 Å². The molecule has 0 aromatic carbocycles. The SMILES string of the molecule is CCC(CC)CC(CCCCCCC(=O)[O-])(CC(CC)CC)C(=O)[O-]. The third kappa shape index (κ3) is 9.27. The van der Waals surface area contributed by atoms with Crippen molar-refractivity contribution < 1.29 is 19.8 Å². The lowest BCUT2D eigenvalue weighted by molar-refractivity contribution is -0.322. The Morgan fingerprint density at radius 1 is 0.760 bits per heavy atom. The van der Waals surface area contributed by atoms with Crippen LogP contribution in [0.25, 0.3) is 0 Å². The molecule has 0 bridgehead atoms. The summed E-state index contributed by atoms with van der Waals surface area (Å²) in [5.41, 5.74) is -0.734. The van der Waals surface area contributed by atoms with Crippen LogP contribution in [0.1, 0.15) is 105 Å². The van der Waals surface area contributed by atoms with Gasteiger partial charge >= 0.3 is 0 Å². The summed E-state index contributed by atoms with van der Waals surface area (Å²) in [5, 5.41) is 22.6. The van der Waals surface area contributed by atoms with Crippen LogP contribution < -0.4 is 10.2 Å². The molecule has 0 aliphatic carbocycles. The van der Waals surface area contributed by atoms with Crippen LogP contribution in [0.4, 0.5) is 0 Å². The van der Waals surface area contributed by atoms with Crippen LogP contribution in [0.2, 0.25) is 0 Å². The molecule has 0 fully saturated rings. The first-order chi connectivity index (χ1) is 11.8. The summed E-state index contributed by atoms with van der Waals surface area (Å²) in [6.07, 6.45) is 9.26. The molecule has 0 radical (unpaired) electrons. The second-order valence-electron chi connectivity index (χ2n) is 7.63. The monoisotopic (exact) mass is 354 g/mol. The average Bonchev–Trinajstić information content (AvgIpc) is 2.59. The number of aliphatic carboxylic acids is 2. The van der Waals surface area contributed by atoms with E-state index in [0.29, 0.717) is 37.5 Å². The Morgan fingerprint density at radius 3 is 1.56 bits per heavy atom. The standard InChI is InChI=1S/C21H40O4/c1-5-17(6-2)15-21(20(24)25,16-18(7-3)8-4)14-12-10-9-11-13-19(22)23/h17-18H,5-16H2,1-4H3,(H,22,23)(H,24,25)/p-2. The number of hydrogen-bond donors (Lipinski definition) is 0. The number of hydrogen-bond acceptors (Lipinski definition) is 4. The molecule has 0 N–H and O–H groups in total. The van der Waals surface area contributed by atoms with Crippen molar-refractivity contribution >= 4 is 11.9 Å². The summed E-state index contributed by atoms with van der Waals surface area (Å²) >= 11 is 0. The molecule has 0 aliphatic rings. The van der Waals surface area contributed by atoms with Gasteiger partial charge in [-0.3, -0.25) is 0 Å². The molecule has 0 heterocycles. The predicted octanol–water partition coefficient (Wildman–Crippen LogP) is 3.47. The van der Waals surface area contributed by atoms with E-state index in [1.54, 1.807) is 0 Å². The fourth-order valence-corrected chi connectivity index (χ4v) is 3.90. The molecule has 4 nitrogen and oxygen atoms in total. The van der Waals surface area contributed by atoms with Gasteiger partial charge in [-0.25, -0.2) is 0 Å². The van der Waals surface area contributed by atoms with Crippen molar-refractivity contribution in [3.8, 4) is 0 Å². The van der Waals surface area contributed by atoms with Gasteiger partial charge in [0, 0.05) is 17.4 Å². The molecule has 0 spiro atoms. The van der Waals surface area contributed by atoms with Gasteiger partial charge in [0.2, 0.25) is 0 Å². The summed E-state index contributed by atoms with van der Waals surface area (Å²) in [7, 11) is 0. The van der Waals surface area contributed by atoms with E-state index in [1.807, 2.05) is 0 Å². The minimum Gasteiger partial charge on any atom is -0.550 e.